The zero-order chi connectivity index (χ0) is 14.5. The Balaban J connectivity index is 1.95. The lowest BCUT2D eigenvalue weighted by molar-refractivity contribution is 0.402. The predicted octanol–water partition coefficient (Wildman–Crippen LogP) is 3.98. The minimum absolute atomic E-state index is 0.869. The van der Waals surface area contributed by atoms with Crippen molar-refractivity contribution >= 4 is 5.69 Å². The summed E-state index contributed by atoms with van der Waals surface area (Å²) in [6.07, 6.45) is 0. The average Bonchev–Trinajstić information content (AvgIpc) is 2.41. The molecular weight excluding hydrogens is 244 g/mol. The van der Waals surface area contributed by atoms with Gasteiger partial charge in [0.05, 0.1) is 0 Å². The summed E-state index contributed by atoms with van der Waals surface area (Å²) in [5.74, 6) is 0. The van der Waals surface area contributed by atoms with Crippen LogP contribution in [0.5, 0.6) is 0 Å². The normalized spacial score (nSPS) is 10.8. The summed E-state index contributed by atoms with van der Waals surface area (Å²) in [5, 5.41) is 3.47. The van der Waals surface area contributed by atoms with Gasteiger partial charge in [0.25, 0.3) is 0 Å². The number of hydrogen-bond acceptors (Lipinski definition) is 2. The van der Waals surface area contributed by atoms with Crippen LogP contribution in [-0.2, 0) is 13.1 Å². The first kappa shape index (κ1) is 14.6. The van der Waals surface area contributed by atoms with Crippen LogP contribution < -0.4 is 5.32 Å². The second-order valence-corrected chi connectivity index (χ2v) is 5.71. The van der Waals surface area contributed by atoms with Crippen LogP contribution >= 0.6 is 0 Å². The van der Waals surface area contributed by atoms with Crippen molar-refractivity contribution in [2.24, 2.45) is 0 Å². The Morgan fingerprint density at radius 2 is 1.50 bits per heavy atom. The Labute approximate surface area is 122 Å². The highest BCUT2D eigenvalue weighted by atomic mass is 15.0. The van der Waals surface area contributed by atoms with Gasteiger partial charge in [-0.2, -0.15) is 0 Å². The minimum atomic E-state index is 0.869. The van der Waals surface area contributed by atoms with E-state index in [2.05, 4.69) is 80.6 Å². The van der Waals surface area contributed by atoms with E-state index in [9.17, 15) is 0 Å². The Hall–Kier alpha value is -1.80. The van der Waals surface area contributed by atoms with E-state index in [-0.39, 0.29) is 0 Å². The zero-order valence-electron chi connectivity index (χ0n) is 12.9. The van der Waals surface area contributed by atoms with Crippen molar-refractivity contribution in [2.75, 3.05) is 19.4 Å². The highest BCUT2D eigenvalue weighted by molar-refractivity contribution is 5.45. The van der Waals surface area contributed by atoms with Crippen molar-refractivity contribution in [3.05, 3.63) is 64.7 Å². The molecule has 0 radical (unpaired) electrons. The Morgan fingerprint density at radius 3 is 2.10 bits per heavy atom. The van der Waals surface area contributed by atoms with Gasteiger partial charge in [-0.15, -0.1) is 0 Å². The fraction of sp³-hybridized carbons (Fsp3) is 0.333. The second-order valence-electron chi connectivity index (χ2n) is 5.71. The topological polar surface area (TPSA) is 15.3 Å². The predicted molar refractivity (Wildman–Crippen MR) is 87.1 cm³/mol. The number of anilines is 1. The third-order valence-electron chi connectivity index (χ3n) is 3.52. The first-order valence-electron chi connectivity index (χ1n) is 7.08. The smallest absolute Gasteiger partial charge is 0.0400 e. The monoisotopic (exact) mass is 268 g/mol. The van der Waals surface area contributed by atoms with Gasteiger partial charge in [-0.05, 0) is 62.3 Å². The zero-order valence-corrected chi connectivity index (χ0v) is 12.9. The molecule has 0 aliphatic carbocycles. The number of rotatable bonds is 5. The average molecular weight is 268 g/mol. The molecule has 2 aromatic carbocycles. The molecule has 20 heavy (non-hydrogen) atoms. The van der Waals surface area contributed by atoms with Gasteiger partial charge in [-0.3, -0.25) is 0 Å². The molecule has 0 aliphatic rings. The summed E-state index contributed by atoms with van der Waals surface area (Å²) in [6.45, 7) is 6.16. The maximum atomic E-state index is 3.47. The van der Waals surface area contributed by atoms with Gasteiger partial charge in [0.2, 0.25) is 0 Å². The van der Waals surface area contributed by atoms with E-state index in [1.54, 1.807) is 0 Å². The maximum Gasteiger partial charge on any atom is 0.0400 e. The van der Waals surface area contributed by atoms with Crippen molar-refractivity contribution in [3.63, 3.8) is 0 Å². The van der Waals surface area contributed by atoms with E-state index >= 15 is 0 Å². The highest BCUT2D eigenvalue weighted by Gasteiger charge is 1.98. The SMILES string of the molecule is Cc1ccc(CNc2ccc(CN(C)C)cc2)cc1C. The molecule has 0 saturated heterocycles. The van der Waals surface area contributed by atoms with Gasteiger partial charge in [-0.25, -0.2) is 0 Å². The molecule has 0 aromatic heterocycles. The van der Waals surface area contributed by atoms with Crippen LogP contribution in [-0.4, -0.2) is 19.0 Å². The van der Waals surface area contributed by atoms with Crippen LogP contribution in [0.4, 0.5) is 5.69 Å². The van der Waals surface area contributed by atoms with Crippen molar-refractivity contribution in [2.45, 2.75) is 26.9 Å². The van der Waals surface area contributed by atoms with Crippen molar-refractivity contribution in [3.8, 4) is 0 Å². The van der Waals surface area contributed by atoms with Gasteiger partial charge in [0.1, 0.15) is 0 Å². The molecule has 0 heterocycles. The third kappa shape index (κ3) is 4.10. The number of aryl methyl sites for hydroxylation is 2. The lowest BCUT2D eigenvalue weighted by Gasteiger charge is -2.11. The highest BCUT2D eigenvalue weighted by Crippen LogP contribution is 2.14. The molecule has 0 saturated carbocycles. The van der Waals surface area contributed by atoms with Gasteiger partial charge in [-0.1, -0.05) is 30.3 Å². The number of nitrogens with one attached hydrogen (secondary N) is 1. The van der Waals surface area contributed by atoms with Crippen molar-refractivity contribution in [1.29, 1.82) is 0 Å². The molecule has 1 N–H and O–H groups in total. The fourth-order valence-electron chi connectivity index (χ4n) is 2.21. The Morgan fingerprint density at radius 1 is 0.850 bits per heavy atom. The van der Waals surface area contributed by atoms with Crippen LogP contribution in [0.2, 0.25) is 0 Å². The maximum absolute atomic E-state index is 3.47. The van der Waals surface area contributed by atoms with Gasteiger partial charge >= 0.3 is 0 Å². The van der Waals surface area contributed by atoms with E-state index in [4.69, 9.17) is 0 Å². The van der Waals surface area contributed by atoms with Crippen LogP contribution in [0.3, 0.4) is 0 Å². The van der Waals surface area contributed by atoms with E-state index in [1.807, 2.05) is 0 Å². The van der Waals surface area contributed by atoms with Crippen LogP contribution in [0, 0.1) is 13.8 Å². The van der Waals surface area contributed by atoms with Crippen LogP contribution in [0.25, 0.3) is 0 Å². The molecule has 0 atom stereocenters. The van der Waals surface area contributed by atoms with E-state index < -0.39 is 0 Å². The summed E-state index contributed by atoms with van der Waals surface area (Å²) in [4.78, 5) is 2.18. The molecule has 2 nitrogen and oxygen atoms in total. The molecule has 0 bridgehead atoms. The van der Waals surface area contributed by atoms with Gasteiger partial charge < -0.3 is 10.2 Å². The molecule has 0 spiro atoms. The number of hydrogen-bond donors (Lipinski definition) is 1. The van der Waals surface area contributed by atoms with Crippen LogP contribution in [0.1, 0.15) is 22.3 Å². The molecule has 0 unspecified atom stereocenters. The Bertz CT molecular complexity index is 556. The molecule has 106 valence electrons. The fourth-order valence-corrected chi connectivity index (χ4v) is 2.21. The van der Waals surface area contributed by atoms with Gasteiger partial charge in [0.15, 0.2) is 0 Å². The summed E-state index contributed by atoms with van der Waals surface area (Å²) in [7, 11) is 4.18. The largest absolute Gasteiger partial charge is 0.381 e. The summed E-state index contributed by atoms with van der Waals surface area (Å²) >= 11 is 0. The quantitative estimate of drug-likeness (QED) is 0.882. The van der Waals surface area contributed by atoms with Crippen molar-refractivity contribution in [1.82, 2.24) is 4.90 Å². The van der Waals surface area contributed by atoms with Crippen LogP contribution in [0.15, 0.2) is 42.5 Å². The third-order valence-corrected chi connectivity index (χ3v) is 3.52. The molecule has 0 amide bonds. The molecule has 2 rings (SSSR count). The van der Waals surface area contributed by atoms with E-state index in [0.29, 0.717) is 0 Å². The summed E-state index contributed by atoms with van der Waals surface area (Å²) in [6, 6.07) is 15.3. The molecule has 0 aliphatic heterocycles. The lowest BCUT2D eigenvalue weighted by atomic mass is 10.1. The first-order chi connectivity index (χ1) is 9.54. The molecule has 0 fully saturated rings. The van der Waals surface area contributed by atoms with Gasteiger partial charge in [0, 0.05) is 18.8 Å². The molecule has 2 heteroatoms. The second kappa shape index (κ2) is 6.58. The number of benzene rings is 2. The standard InChI is InChI=1S/C18H24N2/c1-14-5-6-17(11-15(14)2)12-19-18-9-7-16(8-10-18)13-20(3)4/h5-11,19H,12-13H2,1-4H3. The number of nitrogens with zero attached hydrogens (tertiary/aromatic N) is 1. The Kier molecular flexibility index (Phi) is 4.80. The molecule has 2 aromatic rings. The summed E-state index contributed by atoms with van der Waals surface area (Å²) < 4.78 is 0. The molecular formula is C18H24N2. The lowest BCUT2D eigenvalue weighted by Crippen LogP contribution is -2.10. The minimum Gasteiger partial charge on any atom is -0.381 e. The van der Waals surface area contributed by atoms with E-state index in [0.717, 1.165) is 13.1 Å². The first-order valence-corrected chi connectivity index (χ1v) is 7.08. The van der Waals surface area contributed by atoms with Crippen molar-refractivity contribution < 1.29 is 0 Å². The summed E-state index contributed by atoms with van der Waals surface area (Å²) in [5.41, 5.74) is 6.54. The van der Waals surface area contributed by atoms with E-state index in [1.165, 1.54) is 27.9 Å².